The highest BCUT2D eigenvalue weighted by atomic mass is 32.1. The fraction of sp³-hybridized carbons (Fsp3) is 0.478. The number of hydrazone groups is 1. The van der Waals surface area contributed by atoms with Crippen molar-refractivity contribution in [3.8, 4) is 0 Å². The number of fused-ring (bicyclic) bond motifs is 1. The Morgan fingerprint density at radius 1 is 1.07 bits per heavy atom. The molecule has 0 atom stereocenters. The predicted molar refractivity (Wildman–Crippen MR) is 119 cm³/mol. The molecule has 1 aliphatic carbocycles. The Hall–Kier alpha value is -2.54. The molecule has 1 N–H and O–H groups in total. The molecule has 7 heteroatoms. The third kappa shape index (κ3) is 5.33. The number of nitrogens with zero attached hydrogens (tertiary/aromatic N) is 3. The minimum Gasteiger partial charge on any atom is -0.356 e. The van der Waals surface area contributed by atoms with E-state index in [2.05, 4.69) is 10.4 Å². The Labute approximate surface area is 181 Å². The van der Waals surface area contributed by atoms with Crippen LogP contribution < -0.4 is 5.32 Å². The van der Waals surface area contributed by atoms with E-state index in [-0.39, 0.29) is 24.7 Å². The molecule has 158 valence electrons. The van der Waals surface area contributed by atoms with Gasteiger partial charge in [0.2, 0.25) is 11.8 Å². The number of hydrogen-bond donors (Lipinski definition) is 1. The number of hydrogen-bond acceptors (Lipinski definition) is 5. The van der Waals surface area contributed by atoms with Crippen LogP contribution in [0.3, 0.4) is 0 Å². The number of aryl methyl sites for hydroxylation is 3. The maximum absolute atomic E-state index is 12.4. The van der Waals surface area contributed by atoms with E-state index >= 15 is 0 Å². The minimum atomic E-state index is -0.0931. The first-order valence-corrected chi connectivity index (χ1v) is 11.7. The van der Waals surface area contributed by atoms with Crippen molar-refractivity contribution in [3.05, 3.63) is 51.5 Å². The van der Waals surface area contributed by atoms with Crippen LogP contribution in [0.1, 0.15) is 59.7 Å². The number of amides is 2. The third-order valence-corrected chi connectivity index (χ3v) is 6.76. The topological polar surface area (TPSA) is 74.7 Å². The summed E-state index contributed by atoms with van der Waals surface area (Å²) in [5, 5.41) is 10.0. The second-order valence-electron chi connectivity index (χ2n) is 7.82. The third-order valence-electron chi connectivity index (χ3n) is 5.54. The molecular formula is C23H28N4O2S. The van der Waals surface area contributed by atoms with E-state index in [0.717, 1.165) is 37.0 Å². The van der Waals surface area contributed by atoms with Gasteiger partial charge in [0.25, 0.3) is 0 Å². The Balaban J connectivity index is 1.14. The van der Waals surface area contributed by atoms with Crippen LogP contribution in [0, 0.1) is 0 Å². The van der Waals surface area contributed by atoms with Crippen molar-refractivity contribution in [2.24, 2.45) is 5.10 Å². The van der Waals surface area contributed by atoms with Gasteiger partial charge in [0.05, 0.1) is 23.0 Å². The smallest absolute Gasteiger partial charge is 0.243 e. The largest absolute Gasteiger partial charge is 0.356 e. The maximum Gasteiger partial charge on any atom is 0.243 e. The van der Waals surface area contributed by atoms with Gasteiger partial charge in [-0.2, -0.15) is 5.10 Å². The summed E-state index contributed by atoms with van der Waals surface area (Å²) in [6.07, 6.45) is 7.75. The van der Waals surface area contributed by atoms with Gasteiger partial charge in [-0.25, -0.2) is 9.99 Å². The lowest BCUT2D eigenvalue weighted by atomic mass is 10.0. The number of nitrogens with one attached hydrogen (secondary N) is 1. The van der Waals surface area contributed by atoms with Crippen molar-refractivity contribution in [1.82, 2.24) is 15.3 Å². The van der Waals surface area contributed by atoms with Gasteiger partial charge in [0.15, 0.2) is 0 Å². The first kappa shape index (κ1) is 20.7. The zero-order valence-electron chi connectivity index (χ0n) is 17.2. The van der Waals surface area contributed by atoms with Crippen LogP contribution in [-0.4, -0.2) is 40.6 Å². The van der Waals surface area contributed by atoms with Gasteiger partial charge in [0.1, 0.15) is 0 Å². The van der Waals surface area contributed by atoms with E-state index in [9.17, 15) is 9.59 Å². The molecular weight excluding hydrogens is 396 g/mol. The van der Waals surface area contributed by atoms with Gasteiger partial charge < -0.3 is 5.32 Å². The lowest BCUT2D eigenvalue weighted by molar-refractivity contribution is -0.133. The normalized spacial score (nSPS) is 15.6. The van der Waals surface area contributed by atoms with Crippen LogP contribution in [-0.2, 0) is 28.9 Å². The van der Waals surface area contributed by atoms with Gasteiger partial charge in [-0.1, -0.05) is 30.3 Å². The van der Waals surface area contributed by atoms with E-state index in [1.54, 1.807) is 0 Å². The second-order valence-corrected chi connectivity index (χ2v) is 8.99. The summed E-state index contributed by atoms with van der Waals surface area (Å²) in [7, 11) is 0. The number of carbonyl (C=O) groups excluding carboxylic acids is 2. The summed E-state index contributed by atoms with van der Waals surface area (Å²) in [6, 6.07) is 9.90. The van der Waals surface area contributed by atoms with Crippen molar-refractivity contribution < 1.29 is 9.59 Å². The van der Waals surface area contributed by atoms with Gasteiger partial charge in [-0.15, -0.1) is 11.3 Å². The Kier molecular flexibility index (Phi) is 6.89. The fourth-order valence-electron chi connectivity index (χ4n) is 3.89. The molecule has 0 saturated carbocycles. The van der Waals surface area contributed by atoms with E-state index < -0.39 is 0 Å². The Morgan fingerprint density at radius 3 is 2.73 bits per heavy atom. The molecule has 0 radical (unpaired) electrons. The molecule has 1 aliphatic heterocycles. The monoisotopic (exact) mass is 424 g/mol. The van der Waals surface area contributed by atoms with Crippen molar-refractivity contribution in [2.45, 2.75) is 57.8 Å². The number of rotatable bonds is 8. The fourth-order valence-corrected chi connectivity index (χ4v) is 5.09. The molecule has 2 heterocycles. The standard InChI is InChI=1S/C23H28N4O2S/c28-21(24-15-6-11-22-25-19-9-4-5-10-20(19)30-22)12-13-23(29)27-16-14-18(26-27)17-7-2-1-3-8-17/h1-3,7-8H,4-6,9-16H2,(H,24,28). The zero-order chi connectivity index (χ0) is 20.8. The Bertz CT molecular complexity index is 899. The van der Waals surface area contributed by atoms with Crippen molar-refractivity contribution in [3.63, 3.8) is 0 Å². The molecule has 4 rings (SSSR count). The molecule has 30 heavy (non-hydrogen) atoms. The average Bonchev–Trinajstić information content (AvgIpc) is 3.43. The first-order chi connectivity index (χ1) is 14.7. The summed E-state index contributed by atoms with van der Waals surface area (Å²) in [6.45, 7) is 1.21. The van der Waals surface area contributed by atoms with Crippen molar-refractivity contribution in [2.75, 3.05) is 13.1 Å². The van der Waals surface area contributed by atoms with Crippen LogP contribution >= 0.6 is 11.3 Å². The molecule has 1 aromatic heterocycles. The van der Waals surface area contributed by atoms with Crippen LogP contribution in [0.25, 0.3) is 0 Å². The highest BCUT2D eigenvalue weighted by molar-refractivity contribution is 7.11. The molecule has 0 bridgehead atoms. The molecule has 0 fully saturated rings. The molecule has 0 spiro atoms. The quantitative estimate of drug-likeness (QED) is 0.659. The van der Waals surface area contributed by atoms with E-state index in [4.69, 9.17) is 4.98 Å². The molecule has 2 aromatic rings. The first-order valence-electron chi connectivity index (χ1n) is 10.9. The zero-order valence-corrected chi connectivity index (χ0v) is 18.0. The molecule has 2 amide bonds. The van der Waals surface area contributed by atoms with Crippen LogP contribution in [0.2, 0.25) is 0 Å². The highest BCUT2D eigenvalue weighted by Gasteiger charge is 2.22. The molecule has 0 saturated heterocycles. The summed E-state index contributed by atoms with van der Waals surface area (Å²) >= 11 is 1.83. The summed E-state index contributed by atoms with van der Waals surface area (Å²) in [5.41, 5.74) is 3.27. The number of thiazole rings is 1. The number of benzene rings is 1. The minimum absolute atomic E-state index is 0.0757. The van der Waals surface area contributed by atoms with Crippen molar-refractivity contribution in [1.29, 1.82) is 0 Å². The van der Waals surface area contributed by atoms with Gasteiger partial charge in [-0.3, -0.25) is 9.59 Å². The van der Waals surface area contributed by atoms with Crippen molar-refractivity contribution >= 4 is 28.9 Å². The Morgan fingerprint density at radius 2 is 1.90 bits per heavy atom. The summed E-state index contributed by atoms with van der Waals surface area (Å²) in [4.78, 5) is 30.7. The highest BCUT2D eigenvalue weighted by Crippen LogP contribution is 2.27. The van der Waals surface area contributed by atoms with Crippen LogP contribution in [0.4, 0.5) is 0 Å². The maximum atomic E-state index is 12.4. The lowest BCUT2D eigenvalue weighted by Crippen LogP contribution is -2.28. The van der Waals surface area contributed by atoms with Crippen LogP contribution in [0.15, 0.2) is 35.4 Å². The van der Waals surface area contributed by atoms with E-state index in [1.165, 1.54) is 39.9 Å². The van der Waals surface area contributed by atoms with Gasteiger partial charge in [-0.05, 0) is 37.7 Å². The van der Waals surface area contributed by atoms with Crippen LogP contribution in [0.5, 0.6) is 0 Å². The van der Waals surface area contributed by atoms with Gasteiger partial charge >= 0.3 is 0 Å². The average molecular weight is 425 g/mol. The van der Waals surface area contributed by atoms with E-state index in [0.29, 0.717) is 13.1 Å². The lowest BCUT2D eigenvalue weighted by Gasteiger charge is -2.11. The molecule has 6 nitrogen and oxygen atoms in total. The predicted octanol–water partition coefficient (Wildman–Crippen LogP) is 3.49. The SMILES string of the molecule is O=C(CCC(=O)N1CCC(c2ccccc2)=N1)NCCCc1nc2c(s1)CCCC2. The number of aromatic nitrogens is 1. The molecule has 2 aliphatic rings. The summed E-state index contributed by atoms with van der Waals surface area (Å²) < 4.78 is 0. The molecule has 0 unspecified atom stereocenters. The second kappa shape index (κ2) is 9.98. The van der Waals surface area contributed by atoms with Gasteiger partial charge in [0, 0.05) is 37.1 Å². The number of carbonyl (C=O) groups is 2. The van der Waals surface area contributed by atoms with E-state index in [1.807, 2.05) is 41.7 Å². The summed E-state index contributed by atoms with van der Waals surface area (Å²) in [5.74, 6) is -0.169. The molecule has 1 aromatic carbocycles.